The van der Waals surface area contributed by atoms with Gasteiger partial charge in [-0.1, -0.05) is 97.0 Å². The smallest absolute Gasteiger partial charge is 0.306 e. The predicted molar refractivity (Wildman–Crippen MR) is 147 cm³/mol. The molecule has 2 saturated carbocycles. The van der Waals surface area contributed by atoms with Gasteiger partial charge in [0.1, 0.15) is 0 Å². The summed E-state index contributed by atoms with van der Waals surface area (Å²) in [5.74, 6) is 0.765. The first-order valence-electron chi connectivity index (χ1n) is 13.2. The molecule has 3 heteroatoms. The average Bonchev–Trinajstić information content (AvgIpc) is 3.61. The second-order valence-electron chi connectivity index (χ2n) is 9.61. The number of benzene rings is 1. The Morgan fingerprint density at radius 3 is 2.18 bits per heavy atom. The van der Waals surface area contributed by atoms with Crippen LogP contribution in [0, 0.1) is 17.3 Å². The number of hydrogen-bond donors (Lipinski definition) is 2. The fourth-order valence-corrected chi connectivity index (χ4v) is 4.43. The molecule has 2 aliphatic carbocycles. The van der Waals surface area contributed by atoms with Crippen molar-refractivity contribution in [1.29, 1.82) is 0 Å². The minimum absolute atomic E-state index is 0.0660. The number of aliphatic hydroxyl groups is 1. The normalized spacial score (nSPS) is 22.7. The van der Waals surface area contributed by atoms with Crippen molar-refractivity contribution in [2.24, 2.45) is 17.3 Å². The highest BCUT2D eigenvalue weighted by Gasteiger charge is 2.42. The van der Waals surface area contributed by atoms with Crippen molar-refractivity contribution in [2.45, 2.75) is 99.3 Å². The molecular weight excluding hydrogens is 420 g/mol. The zero-order valence-corrected chi connectivity index (χ0v) is 22.8. The van der Waals surface area contributed by atoms with Crippen LogP contribution in [0.15, 0.2) is 60.9 Å². The largest absolute Gasteiger partial charge is 0.513 e. The number of rotatable bonds is 7. The van der Waals surface area contributed by atoms with Crippen LogP contribution in [0.3, 0.4) is 0 Å². The van der Waals surface area contributed by atoms with Crippen LogP contribution in [0.5, 0.6) is 0 Å². The number of aliphatic carboxylic acids is 1. The summed E-state index contributed by atoms with van der Waals surface area (Å²) >= 11 is 0. The van der Waals surface area contributed by atoms with Gasteiger partial charge < -0.3 is 10.2 Å². The third-order valence-corrected chi connectivity index (χ3v) is 6.28. The second kappa shape index (κ2) is 17.2. The van der Waals surface area contributed by atoms with Gasteiger partial charge in [-0.2, -0.15) is 0 Å². The molecule has 1 aromatic carbocycles. The maximum atomic E-state index is 10.9. The van der Waals surface area contributed by atoms with Gasteiger partial charge in [0, 0.05) is 0 Å². The van der Waals surface area contributed by atoms with E-state index in [2.05, 4.69) is 44.7 Å². The topological polar surface area (TPSA) is 57.5 Å². The summed E-state index contributed by atoms with van der Waals surface area (Å²) in [5, 5.41) is 17.5. The molecule has 3 nitrogen and oxygen atoms in total. The van der Waals surface area contributed by atoms with E-state index in [1.54, 1.807) is 31.2 Å². The molecule has 3 atom stereocenters. The number of hydrogen-bond acceptors (Lipinski definition) is 2. The molecule has 0 saturated heterocycles. The minimum atomic E-state index is -0.611. The van der Waals surface area contributed by atoms with Crippen LogP contribution in [0.1, 0.15) is 104 Å². The Balaban J connectivity index is 0.000000769. The molecule has 2 N–H and O–H groups in total. The van der Waals surface area contributed by atoms with E-state index < -0.39 is 5.97 Å². The summed E-state index contributed by atoms with van der Waals surface area (Å²) in [4.78, 5) is 10.9. The number of aryl methyl sites for hydroxylation is 1. The molecule has 0 aliphatic heterocycles. The molecular formula is C31H50O3. The quantitative estimate of drug-likeness (QED) is 0.308. The lowest BCUT2D eigenvalue weighted by atomic mass is 9.70. The molecule has 0 aromatic heterocycles. The fraction of sp³-hybridized carbons (Fsp3) is 0.581. The summed E-state index contributed by atoms with van der Waals surface area (Å²) in [6.45, 7) is 17.9. The predicted octanol–water partition coefficient (Wildman–Crippen LogP) is 9.27. The Kier molecular flexibility index (Phi) is 16.0. The molecule has 0 bridgehead atoms. The van der Waals surface area contributed by atoms with E-state index in [-0.39, 0.29) is 5.92 Å². The van der Waals surface area contributed by atoms with Crippen molar-refractivity contribution in [3.63, 3.8) is 0 Å². The van der Waals surface area contributed by atoms with Gasteiger partial charge in [0.2, 0.25) is 0 Å². The van der Waals surface area contributed by atoms with Gasteiger partial charge in [0.25, 0.3) is 0 Å². The average molecular weight is 471 g/mol. The Hall–Kier alpha value is -2.29. The lowest BCUT2D eigenvalue weighted by Crippen LogP contribution is -2.21. The van der Waals surface area contributed by atoms with Crippen LogP contribution < -0.4 is 0 Å². The monoisotopic (exact) mass is 470 g/mol. The van der Waals surface area contributed by atoms with Crippen molar-refractivity contribution < 1.29 is 15.0 Å². The van der Waals surface area contributed by atoms with Crippen LogP contribution in [0.4, 0.5) is 0 Å². The molecule has 0 amide bonds. The summed E-state index contributed by atoms with van der Waals surface area (Å²) in [6, 6.07) is 9.14. The van der Waals surface area contributed by atoms with E-state index in [0.717, 1.165) is 25.2 Å². The van der Waals surface area contributed by atoms with Gasteiger partial charge in [-0.25, -0.2) is 0 Å². The van der Waals surface area contributed by atoms with E-state index in [1.165, 1.54) is 36.8 Å². The van der Waals surface area contributed by atoms with Crippen molar-refractivity contribution in [3.8, 4) is 0 Å². The molecule has 0 heterocycles. The van der Waals surface area contributed by atoms with Crippen molar-refractivity contribution in [2.75, 3.05) is 0 Å². The van der Waals surface area contributed by atoms with Crippen LogP contribution in [0.2, 0.25) is 0 Å². The van der Waals surface area contributed by atoms with Gasteiger partial charge in [-0.05, 0) is 79.9 Å². The van der Waals surface area contributed by atoms with Crippen LogP contribution in [-0.4, -0.2) is 16.2 Å². The SMILES string of the molecule is C=C/C=C\C=C(/C)O.CC.CC.CC1(C)CCCC(c2ccc(CC[C@@H]3CC3C(=O)O)cc2)C1. The van der Waals surface area contributed by atoms with Crippen molar-refractivity contribution >= 4 is 5.97 Å². The Labute approximate surface area is 209 Å². The maximum absolute atomic E-state index is 10.9. The molecule has 1 aromatic rings. The standard InChI is InChI=1S/C20H28O2.C7H10O.2C2H6/c1-20(2)11-3-4-17(13-20)15-8-5-14(6-9-15)7-10-16-12-18(16)19(21)22;1-3-4-5-6-7(2)8;2*1-2/h5-6,8-9,16-18H,3-4,7,10-13H2,1-2H3,(H,21,22);3-6,8H,1H2,2H3;2*1-2H3/b;5-4-,7-6+;;/t16-,17?,18?;;;/m1.../s1. The summed E-state index contributed by atoms with van der Waals surface area (Å²) in [5.41, 5.74) is 3.33. The van der Waals surface area contributed by atoms with Gasteiger partial charge in [-0.15, -0.1) is 0 Å². The molecule has 2 fully saturated rings. The number of aliphatic hydroxyl groups excluding tert-OH is 1. The van der Waals surface area contributed by atoms with Gasteiger partial charge in [-0.3, -0.25) is 4.79 Å². The summed E-state index contributed by atoms with van der Waals surface area (Å²) in [7, 11) is 0. The number of carboxylic acids is 1. The minimum Gasteiger partial charge on any atom is -0.513 e. The Bertz CT molecular complexity index is 751. The summed E-state index contributed by atoms with van der Waals surface area (Å²) in [6.07, 6.45) is 15.0. The van der Waals surface area contributed by atoms with Gasteiger partial charge >= 0.3 is 5.97 Å². The molecule has 0 spiro atoms. The third-order valence-electron chi connectivity index (χ3n) is 6.28. The highest BCUT2D eigenvalue weighted by atomic mass is 16.4. The number of carbonyl (C=O) groups is 1. The Morgan fingerprint density at radius 2 is 1.71 bits per heavy atom. The lowest BCUT2D eigenvalue weighted by molar-refractivity contribution is -0.138. The summed E-state index contributed by atoms with van der Waals surface area (Å²) < 4.78 is 0. The molecule has 0 radical (unpaired) electrons. The van der Waals surface area contributed by atoms with Gasteiger partial charge in [0.05, 0.1) is 11.7 Å². The fourth-order valence-electron chi connectivity index (χ4n) is 4.43. The number of carboxylic acid groups (broad SMARTS) is 1. The first-order chi connectivity index (χ1) is 16.2. The third kappa shape index (κ3) is 12.8. The second-order valence-corrected chi connectivity index (χ2v) is 9.61. The molecule has 192 valence electrons. The molecule has 2 aliphatic rings. The highest BCUT2D eigenvalue weighted by Crippen LogP contribution is 2.44. The van der Waals surface area contributed by atoms with Crippen LogP contribution in [0.25, 0.3) is 0 Å². The van der Waals surface area contributed by atoms with E-state index >= 15 is 0 Å². The van der Waals surface area contributed by atoms with Crippen molar-refractivity contribution in [1.82, 2.24) is 0 Å². The highest BCUT2D eigenvalue weighted by molar-refractivity contribution is 5.73. The van der Waals surface area contributed by atoms with E-state index in [9.17, 15) is 4.79 Å². The van der Waals surface area contributed by atoms with Crippen LogP contribution >= 0.6 is 0 Å². The zero-order valence-electron chi connectivity index (χ0n) is 22.8. The van der Waals surface area contributed by atoms with E-state index in [1.807, 2.05) is 27.7 Å². The molecule has 3 rings (SSSR count). The van der Waals surface area contributed by atoms with E-state index in [0.29, 0.717) is 17.1 Å². The lowest BCUT2D eigenvalue weighted by Gasteiger charge is -2.35. The van der Waals surface area contributed by atoms with Gasteiger partial charge in [0.15, 0.2) is 0 Å². The molecule has 34 heavy (non-hydrogen) atoms. The zero-order chi connectivity index (χ0) is 26.1. The molecule has 2 unspecified atom stereocenters. The maximum Gasteiger partial charge on any atom is 0.306 e. The Morgan fingerprint density at radius 1 is 1.09 bits per heavy atom. The van der Waals surface area contributed by atoms with E-state index in [4.69, 9.17) is 10.2 Å². The van der Waals surface area contributed by atoms with Crippen LogP contribution in [-0.2, 0) is 11.2 Å². The van der Waals surface area contributed by atoms with Crippen molar-refractivity contribution in [3.05, 3.63) is 72.0 Å². The number of allylic oxidation sites excluding steroid dienone is 5. The first-order valence-corrected chi connectivity index (χ1v) is 13.2. The first kappa shape index (κ1) is 31.7.